The highest BCUT2D eigenvalue weighted by Crippen LogP contribution is 2.47. The van der Waals surface area contributed by atoms with Gasteiger partial charge in [0.1, 0.15) is 0 Å². The van der Waals surface area contributed by atoms with E-state index in [9.17, 15) is 0 Å². The highest BCUT2D eigenvalue weighted by atomic mass is 16.3. The summed E-state index contributed by atoms with van der Waals surface area (Å²) >= 11 is 0. The average Bonchev–Trinajstić information content (AvgIpc) is 3.25. The zero-order valence-corrected chi connectivity index (χ0v) is 11.0. The van der Waals surface area contributed by atoms with Crippen LogP contribution in [0.25, 0.3) is 0 Å². The molecule has 2 fully saturated rings. The maximum absolute atomic E-state index is 9.03. The third-order valence-corrected chi connectivity index (χ3v) is 4.43. The third kappa shape index (κ3) is 2.93. The van der Waals surface area contributed by atoms with Crippen molar-refractivity contribution in [2.24, 2.45) is 5.41 Å². The van der Waals surface area contributed by atoms with Crippen molar-refractivity contribution >= 4 is 0 Å². The van der Waals surface area contributed by atoms with E-state index in [2.05, 4.69) is 29.6 Å². The van der Waals surface area contributed by atoms with E-state index in [0.717, 1.165) is 25.4 Å². The molecule has 0 aromatic heterocycles. The lowest BCUT2D eigenvalue weighted by Crippen LogP contribution is -2.24. The molecule has 1 aromatic rings. The summed E-state index contributed by atoms with van der Waals surface area (Å²) in [5.74, 6) is 0.842. The van der Waals surface area contributed by atoms with Crippen LogP contribution in [0, 0.1) is 5.41 Å². The van der Waals surface area contributed by atoms with Crippen molar-refractivity contribution < 1.29 is 5.11 Å². The van der Waals surface area contributed by atoms with Gasteiger partial charge in [0.2, 0.25) is 0 Å². The molecule has 0 heterocycles. The van der Waals surface area contributed by atoms with Gasteiger partial charge in [-0.3, -0.25) is 0 Å². The molecule has 18 heavy (non-hydrogen) atoms. The first-order chi connectivity index (χ1) is 8.81. The molecule has 1 aromatic carbocycles. The quantitative estimate of drug-likeness (QED) is 0.774. The minimum atomic E-state index is 0.332. The van der Waals surface area contributed by atoms with Gasteiger partial charge in [0, 0.05) is 19.7 Å². The summed E-state index contributed by atoms with van der Waals surface area (Å²) in [5, 5.41) is 12.6. The summed E-state index contributed by atoms with van der Waals surface area (Å²) in [5.41, 5.74) is 3.34. The lowest BCUT2D eigenvalue weighted by molar-refractivity contribution is 0.245. The van der Waals surface area contributed by atoms with E-state index in [1.165, 1.54) is 36.8 Å². The summed E-state index contributed by atoms with van der Waals surface area (Å²) < 4.78 is 0. The lowest BCUT2D eigenvalue weighted by Gasteiger charge is -2.14. The van der Waals surface area contributed by atoms with Crippen molar-refractivity contribution in [3.8, 4) is 0 Å². The van der Waals surface area contributed by atoms with Gasteiger partial charge in [-0.1, -0.05) is 24.3 Å². The first-order valence-electron chi connectivity index (χ1n) is 7.22. The molecule has 2 aliphatic rings. The molecule has 2 saturated carbocycles. The second-order valence-electron chi connectivity index (χ2n) is 6.10. The second kappa shape index (κ2) is 5.02. The van der Waals surface area contributed by atoms with Gasteiger partial charge in [-0.15, -0.1) is 0 Å². The zero-order chi connectivity index (χ0) is 12.4. The monoisotopic (exact) mass is 245 g/mol. The molecule has 0 bridgehead atoms. The van der Waals surface area contributed by atoms with Crippen molar-refractivity contribution in [1.82, 2.24) is 5.32 Å². The van der Waals surface area contributed by atoms with Crippen LogP contribution in [0.3, 0.4) is 0 Å². The molecular formula is C16H23NO. The molecule has 98 valence electrons. The first kappa shape index (κ1) is 12.2. The predicted molar refractivity (Wildman–Crippen MR) is 73.5 cm³/mol. The van der Waals surface area contributed by atoms with Crippen molar-refractivity contribution in [1.29, 1.82) is 0 Å². The van der Waals surface area contributed by atoms with Crippen molar-refractivity contribution in [3.63, 3.8) is 0 Å². The zero-order valence-electron chi connectivity index (χ0n) is 11.0. The number of aliphatic hydroxyl groups is 1. The highest BCUT2D eigenvalue weighted by Gasteiger charge is 2.41. The fraction of sp³-hybridized carbons (Fsp3) is 0.625. The number of benzene rings is 1. The molecule has 0 saturated heterocycles. The Morgan fingerprint density at radius 2 is 2.11 bits per heavy atom. The molecule has 2 N–H and O–H groups in total. The normalized spacial score (nSPS) is 20.9. The maximum atomic E-state index is 9.03. The van der Waals surface area contributed by atoms with Crippen LogP contribution in [0.5, 0.6) is 0 Å². The van der Waals surface area contributed by atoms with Gasteiger partial charge in [0.05, 0.1) is 0 Å². The van der Waals surface area contributed by atoms with Gasteiger partial charge in [-0.05, 0) is 54.6 Å². The average molecular weight is 245 g/mol. The van der Waals surface area contributed by atoms with Crippen LogP contribution in [-0.4, -0.2) is 18.3 Å². The second-order valence-corrected chi connectivity index (χ2v) is 6.10. The van der Waals surface area contributed by atoms with Crippen LogP contribution in [0.4, 0.5) is 0 Å². The fourth-order valence-corrected chi connectivity index (χ4v) is 2.77. The Morgan fingerprint density at radius 3 is 2.78 bits per heavy atom. The first-order valence-corrected chi connectivity index (χ1v) is 7.22. The van der Waals surface area contributed by atoms with Crippen molar-refractivity contribution in [2.45, 2.75) is 44.6 Å². The van der Waals surface area contributed by atoms with Gasteiger partial charge < -0.3 is 10.4 Å². The van der Waals surface area contributed by atoms with Gasteiger partial charge >= 0.3 is 0 Å². The predicted octanol–water partition coefficient (Wildman–Crippen LogP) is 2.82. The van der Waals surface area contributed by atoms with E-state index in [4.69, 9.17) is 5.11 Å². The number of aliphatic hydroxyl groups excluding tert-OH is 1. The molecule has 0 unspecified atom stereocenters. The van der Waals surface area contributed by atoms with E-state index in [0.29, 0.717) is 12.0 Å². The molecule has 2 heteroatoms. The van der Waals surface area contributed by atoms with Crippen LogP contribution in [0.2, 0.25) is 0 Å². The van der Waals surface area contributed by atoms with Crippen LogP contribution in [0.15, 0.2) is 24.3 Å². The van der Waals surface area contributed by atoms with E-state index < -0.39 is 0 Å². The molecule has 0 amide bonds. The Balaban J connectivity index is 1.49. The Bertz CT molecular complexity index is 407. The van der Waals surface area contributed by atoms with E-state index >= 15 is 0 Å². The Kier molecular flexibility index (Phi) is 3.40. The molecule has 2 nitrogen and oxygen atoms in total. The summed E-state index contributed by atoms with van der Waals surface area (Å²) in [4.78, 5) is 0. The largest absolute Gasteiger partial charge is 0.396 e. The molecule has 2 aliphatic carbocycles. The van der Waals surface area contributed by atoms with Gasteiger partial charge in [-0.2, -0.15) is 0 Å². The molecule has 3 rings (SSSR count). The Labute approximate surface area is 109 Å². The molecule has 0 spiro atoms. The summed E-state index contributed by atoms with van der Waals surface area (Å²) in [7, 11) is 0. The van der Waals surface area contributed by atoms with Crippen LogP contribution in [-0.2, 0) is 6.54 Å². The van der Waals surface area contributed by atoms with Crippen LogP contribution >= 0.6 is 0 Å². The van der Waals surface area contributed by atoms with Gasteiger partial charge in [0.15, 0.2) is 0 Å². The third-order valence-electron chi connectivity index (χ3n) is 4.43. The minimum Gasteiger partial charge on any atom is -0.396 e. The highest BCUT2D eigenvalue weighted by molar-refractivity contribution is 5.29. The lowest BCUT2D eigenvalue weighted by atomic mass is 10.0. The number of nitrogens with one attached hydrogen (secondary N) is 1. The number of hydrogen-bond acceptors (Lipinski definition) is 2. The Hall–Kier alpha value is -0.860. The standard InChI is InChI=1S/C16H23NO/c18-9-8-16(6-7-16)12-17-11-13-2-1-3-15(10-13)14-4-5-14/h1-3,10,14,17-18H,4-9,11-12H2. The molecular weight excluding hydrogens is 222 g/mol. The van der Waals surface area contributed by atoms with Gasteiger partial charge in [-0.25, -0.2) is 0 Å². The van der Waals surface area contributed by atoms with E-state index in [-0.39, 0.29) is 0 Å². The summed E-state index contributed by atoms with van der Waals surface area (Å²) in [6.07, 6.45) is 6.26. The SMILES string of the molecule is OCCC1(CNCc2cccc(C3CC3)c2)CC1. The maximum Gasteiger partial charge on any atom is 0.0436 e. The van der Waals surface area contributed by atoms with E-state index in [1.807, 2.05) is 0 Å². The van der Waals surface area contributed by atoms with Crippen molar-refractivity contribution in [2.75, 3.05) is 13.2 Å². The van der Waals surface area contributed by atoms with Gasteiger partial charge in [0.25, 0.3) is 0 Å². The minimum absolute atomic E-state index is 0.332. The van der Waals surface area contributed by atoms with Crippen LogP contribution in [0.1, 0.15) is 49.1 Å². The molecule has 0 aliphatic heterocycles. The Morgan fingerprint density at radius 1 is 1.28 bits per heavy atom. The smallest absolute Gasteiger partial charge is 0.0436 e. The summed E-state index contributed by atoms with van der Waals surface area (Å²) in [6.45, 7) is 2.35. The van der Waals surface area contributed by atoms with Crippen LogP contribution < -0.4 is 5.32 Å². The summed E-state index contributed by atoms with van der Waals surface area (Å²) in [6, 6.07) is 9.02. The van der Waals surface area contributed by atoms with E-state index in [1.54, 1.807) is 0 Å². The van der Waals surface area contributed by atoms with Crippen molar-refractivity contribution in [3.05, 3.63) is 35.4 Å². The molecule has 0 atom stereocenters. The topological polar surface area (TPSA) is 32.3 Å². The number of rotatable bonds is 7. The fourth-order valence-electron chi connectivity index (χ4n) is 2.77. The number of hydrogen-bond donors (Lipinski definition) is 2. The molecule has 0 radical (unpaired) electrons.